The molecule has 0 fully saturated rings. The molecule has 0 heterocycles. The first kappa shape index (κ1) is 27.2. The molecule has 0 aromatic heterocycles. The van der Waals surface area contributed by atoms with Crippen molar-refractivity contribution in [2.24, 2.45) is 20.5 Å². The molecule has 0 amide bonds. The van der Waals surface area contributed by atoms with Crippen LogP contribution < -0.4 is 0 Å². The SMILES string of the molecule is CCCc1ccc(/N=N/c2ccc3ccccc3c2-c2c(/N=N/c3ccc(CCC)cc3)ccc3ccccc23)cc1. The normalized spacial score (nSPS) is 11.8. The van der Waals surface area contributed by atoms with Gasteiger partial charge in [-0.3, -0.25) is 0 Å². The summed E-state index contributed by atoms with van der Waals surface area (Å²) in [5, 5.41) is 23.5. The molecule has 206 valence electrons. The third kappa shape index (κ3) is 5.89. The Labute approximate surface area is 247 Å². The van der Waals surface area contributed by atoms with Crippen LogP contribution in [0.1, 0.15) is 37.8 Å². The Balaban J connectivity index is 1.51. The quantitative estimate of drug-likeness (QED) is 0.162. The lowest BCUT2D eigenvalue weighted by Crippen LogP contribution is -1.87. The van der Waals surface area contributed by atoms with Crippen molar-refractivity contribution < 1.29 is 0 Å². The first-order valence-corrected chi connectivity index (χ1v) is 14.8. The molecule has 6 aromatic carbocycles. The summed E-state index contributed by atoms with van der Waals surface area (Å²) in [4.78, 5) is 0. The monoisotopic (exact) mass is 546 g/mol. The van der Waals surface area contributed by atoms with Crippen molar-refractivity contribution in [1.82, 2.24) is 0 Å². The highest BCUT2D eigenvalue weighted by Gasteiger charge is 2.17. The van der Waals surface area contributed by atoms with Crippen molar-refractivity contribution >= 4 is 44.3 Å². The summed E-state index contributed by atoms with van der Waals surface area (Å²) in [5.41, 5.74) is 7.89. The maximum absolute atomic E-state index is 4.82. The number of rotatable bonds is 9. The van der Waals surface area contributed by atoms with E-state index in [0.29, 0.717) is 0 Å². The highest BCUT2D eigenvalue weighted by molar-refractivity contribution is 6.12. The zero-order valence-electron chi connectivity index (χ0n) is 24.2. The van der Waals surface area contributed by atoms with Crippen LogP contribution in [-0.2, 0) is 12.8 Å². The number of azo groups is 2. The van der Waals surface area contributed by atoms with Gasteiger partial charge in [-0.15, -0.1) is 10.2 Å². The van der Waals surface area contributed by atoms with Crippen LogP contribution in [0.5, 0.6) is 0 Å². The molecule has 0 aliphatic carbocycles. The first-order chi connectivity index (χ1) is 20.7. The molecule has 4 heteroatoms. The van der Waals surface area contributed by atoms with E-state index in [9.17, 15) is 0 Å². The fourth-order valence-electron chi connectivity index (χ4n) is 5.47. The van der Waals surface area contributed by atoms with Crippen LogP contribution in [0.15, 0.2) is 142 Å². The molecule has 0 N–H and O–H groups in total. The van der Waals surface area contributed by atoms with E-state index in [1.807, 2.05) is 24.3 Å². The van der Waals surface area contributed by atoms with Crippen LogP contribution in [0, 0.1) is 0 Å². The van der Waals surface area contributed by atoms with Gasteiger partial charge in [0.2, 0.25) is 0 Å². The van der Waals surface area contributed by atoms with Crippen LogP contribution in [0.25, 0.3) is 32.7 Å². The molecular formula is C38H34N4. The van der Waals surface area contributed by atoms with Crippen molar-refractivity contribution in [3.05, 3.63) is 132 Å². The van der Waals surface area contributed by atoms with E-state index in [1.54, 1.807) is 0 Å². The number of hydrogen-bond acceptors (Lipinski definition) is 4. The van der Waals surface area contributed by atoms with Gasteiger partial charge in [0.25, 0.3) is 0 Å². The zero-order chi connectivity index (χ0) is 28.7. The summed E-state index contributed by atoms with van der Waals surface area (Å²) in [5.74, 6) is 0. The fraction of sp³-hybridized carbons (Fsp3) is 0.158. The largest absolute Gasteiger partial charge is 0.151 e. The van der Waals surface area contributed by atoms with Crippen LogP contribution in [-0.4, -0.2) is 0 Å². The average molecular weight is 547 g/mol. The first-order valence-electron chi connectivity index (χ1n) is 14.8. The van der Waals surface area contributed by atoms with Gasteiger partial charge in [-0.25, -0.2) is 0 Å². The second kappa shape index (κ2) is 12.7. The predicted molar refractivity (Wildman–Crippen MR) is 176 cm³/mol. The summed E-state index contributed by atoms with van der Waals surface area (Å²) in [6.07, 6.45) is 4.37. The summed E-state index contributed by atoms with van der Waals surface area (Å²) < 4.78 is 0. The van der Waals surface area contributed by atoms with E-state index in [0.717, 1.165) is 81.1 Å². The molecule has 0 spiro atoms. The highest BCUT2D eigenvalue weighted by atomic mass is 15.1. The van der Waals surface area contributed by atoms with Crippen LogP contribution in [0.3, 0.4) is 0 Å². The number of nitrogens with zero attached hydrogens (tertiary/aromatic N) is 4. The Morgan fingerprint density at radius 1 is 0.405 bits per heavy atom. The topological polar surface area (TPSA) is 49.4 Å². The molecule has 6 aromatic rings. The highest BCUT2D eigenvalue weighted by Crippen LogP contribution is 2.46. The minimum atomic E-state index is 0.794. The third-order valence-electron chi connectivity index (χ3n) is 7.56. The van der Waals surface area contributed by atoms with Gasteiger partial charge >= 0.3 is 0 Å². The molecule has 0 aliphatic rings. The molecule has 0 saturated carbocycles. The van der Waals surface area contributed by atoms with Crippen molar-refractivity contribution in [2.75, 3.05) is 0 Å². The van der Waals surface area contributed by atoms with Crippen molar-refractivity contribution in [3.63, 3.8) is 0 Å². The Bertz CT molecular complexity index is 1740. The van der Waals surface area contributed by atoms with E-state index in [1.165, 1.54) is 11.1 Å². The molecule has 0 radical (unpaired) electrons. The maximum Gasteiger partial charge on any atom is 0.0942 e. The van der Waals surface area contributed by atoms with E-state index in [2.05, 4.69) is 121 Å². The Morgan fingerprint density at radius 2 is 0.810 bits per heavy atom. The Hall–Kier alpha value is -4.96. The van der Waals surface area contributed by atoms with Gasteiger partial charge in [-0.1, -0.05) is 112 Å². The minimum absolute atomic E-state index is 0.794. The third-order valence-corrected chi connectivity index (χ3v) is 7.56. The number of hydrogen-bond donors (Lipinski definition) is 0. The second-order valence-electron chi connectivity index (χ2n) is 10.6. The lowest BCUT2D eigenvalue weighted by molar-refractivity contribution is 0.921. The molecule has 0 aliphatic heterocycles. The van der Waals surface area contributed by atoms with Gasteiger partial charge in [-0.05, 0) is 81.9 Å². The van der Waals surface area contributed by atoms with Gasteiger partial charge in [0.15, 0.2) is 0 Å². The Kier molecular flexibility index (Phi) is 8.23. The van der Waals surface area contributed by atoms with Gasteiger partial charge in [-0.2, -0.15) is 10.2 Å². The van der Waals surface area contributed by atoms with E-state index in [4.69, 9.17) is 10.2 Å². The lowest BCUT2D eigenvalue weighted by Gasteiger charge is -2.15. The van der Waals surface area contributed by atoms with E-state index in [-0.39, 0.29) is 0 Å². The van der Waals surface area contributed by atoms with E-state index >= 15 is 0 Å². The van der Waals surface area contributed by atoms with Gasteiger partial charge < -0.3 is 0 Å². The Morgan fingerprint density at radius 3 is 1.21 bits per heavy atom. The summed E-state index contributed by atoms with van der Waals surface area (Å²) in [7, 11) is 0. The standard InChI is InChI=1S/C38H34N4/c1-3-9-27-15-21-31(22-16-27)39-41-35-25-19-29-11-5-7-13-33(29)37(35)38-34-14-8-6-12-30(34)20-26-36(38)42-40-32-23-17-28(10-4-2)18-24-32/h5-8,11-26H,3-4,9-10H2,1-2H3/b41-39+,42-40+. The fourth-order valence-corrected chi connectivity index (χ4v) is 5.47. The smallest absolute Gasteiger partial charge is 0.0942 e. The molecule has 4 nitrogen and oxygen atoms in total. The molecule has 42 heavy (non-hydrogen) atoms. The second-order valence-corrected chi connectivity index (χ2v) is 10.6. The van der Waals surface area contributed by atoms with Crippen LogP contribution in [0.2, 0.25) is 0 Å². The lowest BCUT2D eigenvalue weighted by atomic mass is 9.91. The van der Waals surface area contributed by atoms with Gasteiger partial charge in [0.1, 0.15) is 0 Å². The summed E-state index contributed by atoms with van der Waals surface area (Å²) in [6, 6.07) is 41.9. The van der Waals surface area contributed by atoms with E-state index < -0.39 is 0 Å². The molecule has 0 bridgehead atoms. The van der Waals surface area contributed by atoms with Crippen molar-refractivity contribution in [3.8, 4) is 11.1 Å². The zero-order valence-corrected chi connectivity index (χ0v) is 24.2. The summed E-state index contributed by atoms with van der Waals surface area (Å²) >= 11 is 0. The number of aryl methyl sites for hydroxylation is 2. The number of benzene rings is 6. The molecular weight excluding hydrogens is 512 g/mol. The van der Waals surface area contributed by atoms with Crippen LogP contribution >= 0.6 is 0 Å². The van der Waals surface area contributed by atoms with Crippen molar-refractivity contribution in [1.29, 1.82) is 0 Å². The predicted octanol–water partition coefficient (Wildman–Crippen LogP) is 12.4. The summed E-state index contributed by atoms with van der Waals surface area (Å²) in [6.45, 7) is 4.39. The van der Waals surface area contributed by atoms with Crippen molar-refractivity contribution in [2.45, 2.75) is 39.5 Å². The van der Waals surface area contributed by atoms with Crippen LogP contribution in [0.4, 0.5) is 22.7 Å². The maximum atomic E-state index is 4.82. The number of fused-ring (bicyclic) bond motifs is 2. The van der Waals surface area contributed by atoms with Gasteiger partial charge in [0.05, 0.1) is 22.7 Å². The minimum Gasteiger partial charge on any atom is -0.151 e. The average Bonchev–Trinajstić information content (AvgIpc) is 3.04. The molecule has 6 rings (SSSR count). The molecule has 0 atom stereocenters. The van der Waals surface area contributed by atoms with Gasteiger partial charge in [0, 0.05) is 11.1 Å². The molecule has 0 saturated heterocycles. The molecule has 0 unspecified atom stereocenters.